The molecule has 0 saturated heterocycles. The summed E-state index contributed by atoms with van der Waals surface area (Å²) < 4.78 is 57.4. The van der Waals surface area contributed by atoms with E-state index in [1.807, 2.05) is 0 Å². The lowest BCUT2D eigenvalue weighted by Gasteiger charge is -2.13. The Hall–Kier alpha value is -1.73. The van der Waals surface area contributed by atoms with Gasteiger partial charge in [0, 0.05) is 12.1 Å². The summed E-state index contributed by atoms with van der Waals surface area (Å²) in [5, 5.41) is 0. The van der Waals surface area contributed by atoms with Crippen LogP contribution in [0.4, 0.5) is 8.78 Å². The summed E-state index contributed by atoms with van der Waals surface area (Å²) in [7, 11) is -3.97. The molecule has 0 spiro atoms. The normalized spacial score (nSPS) is 13.3. The van der Waals surface area contributed by atoms with Crippen LogP contribution < -0.4 is 4.72 Å². The maximum absolute atomic E-state index is 13.1. The van der Waals surface area contributed by atoms with Gasteiger partial charge >= 0.3 is 0 Å². The van der Waals surface area contributed by atoms with Crippen LogP contribution in [0.15, 0.2) is 46.1 Å². The summed E-state index contributed by atoms with van der Waals surface area (Å²) >= 11 is 0. The van der Waals surface area contributed by atoms with Gasteiger partial charge in [-0.25, -0.2) is 21.9 Å². The standard InChI is InChI=1S/C13H13F2NO3S/c1-9(4-10-2-3-19-8-10)16-20(17,18)13-6-11(14)5-12(15)7-13/h2-3,5-9,16H,4H2,1H3. The highest BCUT2D eigenvalue weighted by Gasteiger charge is 2.19. The molecule has 4 nitrogen and oxygen atoms in total. The molecule has 0 radical (unpaired) electrons. The lowest BCUT2D eigenvalue weighted by atomic mass is 10.1. The number of halogens is 2. The molecule has 0 fully saturated rings. The van der Waals surface area contributed by atoms with E-state index in [1.165, 1.54) is 12.5 Å². The summed E-state index contributed by atoms with van der Waals surface area (Å²) in [6.45, 7) is 1.65. The van der Waals surface area contributed by atoms with Gasteiger partial charge in [-0.05, 0) is 37.1 Å². The average molecular weight is 301 g/mol. The van der Waals surface area contributed by atoms with E-state index in [4.69, 9.17) is 4.42 Å². The molecule has 1 unspecified atom stereocenters. The Kier molecular flexibility index (Phi) is 4.20. The first kappa shape index (κ1) is 14.7. The van der Waals surface area contributed by atoms with Crippen molar-refractivity contribution in [3.05, 3.63) is 54.0 Å². The lowest BCUT2D eigenvalue weighted by Crippen LogP contribution is -2.34. The van der Waals surface area contributed by atoms with Crippen molar-refractivity contribution in [2.24, 2.45) is 0 Å². The second kappa shape index (κ2) is 5.72. The number of hydrogen-bond donors (Lipinski definition) is 1. The van der Waals surface area contributed by atoms with Gasteiger partial charge in [0.1, 0.15) is 11.6 Å². The molecule has 20 heavy (non-hydrogen) atoms. The van der Waals surface area contributed by atoms with E-state index in [-0.39, 0.29) is 0 Å². The minimum Gasteiger partial charge on any atom is -0.472 e. The molecule has 108 valence electrons. The van der Waals surface area contributed by atoms with E-state index in [9.17, 15) is 17.2 Å². The van der Waals surface area contributed by atoms with Crippen molar-refractivity contribution in [2.75, 3.05) is 0 Å². The zero-order valence-corrected chi connectivity index (χ0v) is 11.5. The third-order valence-electron chi connectivity index (χ3n) is 2.62. The number of nitrogens with one attached hydrogen (secondary N) is 1. The Balaban J connectivity index is 2.14. The number of rotatable bonds is 5. The molecule has 1 heterocycles. The second-order valence-corrected chi connectivity index (χ2v) is 6.18. The highest BCUT2D eigenvalue weighted by atomic mass is 32.2. The van der Waals surface area contributed by atoms with Crippen molar-refractivity contribution < 1.29 is 21.6 Å². The van der Waals surface area contributed by atoms with E-state index >= 15 is 0 Å². The largest absolute Gasteiger partial charge is 0.472 e. The van der Waals surface area contributed by atoms with Crippen LogP contribution in [0.1, 0.15) is 12.5 Å². The van der Waals surface area contributed by atoms with Gasteiger partial charge in [-0.3, -0.25) is 0 Å². The number of benzene rings is 1. The molecule has 0 bridgehead atoms. The Morgan fingerprint density at radius 1 is 1.25 bits per heavy atom. The molecule has 2 aromatic rings. The Labute approximate surface area is 115 Å². The van der Waals surface area contributed by atoms with E-state index in [0.717, 1.165) is 17.7 Å². The smallest absolute Gasteiger partial charge is 0.241 e. The minimum atomic E-state index is -3.97. The molecule has 0 amide bonds. The molecule has 0 aliphatic heterocycles. The van der Waals surface area contributed by atoms with E-state index in [1.54, 1.807) is 13.0 Å². The first-order valence-corrected chi connectivity index (χ1v) is 7.34. The molecular weight excluding hydrogens is 288 g/mol. The summed E-state index contributed by atoms with van der Waals surface area (Å²) in [6, 6.07) is 3.44. The highest BCUT2D eigenvalue weighted by Crippen LogP contribution is 2.14. The quantitative estimate of drug-likeness (QED) is 0.923. The van der Waals surface area contributed by atoms with Crippen LogP contribution in [-0.2, 0) is 16.4 Å². The fourth-order valence-electron chi connectivity index (χ4n) is 1.82. The summed E-state index contributed by atoms with van der Waals surface area (Å²) in [5.74, 6) is -1.87. The van der Waals surface area contributed by atoms with E-state index < -0.39 is 32.6 Å². The molecule has 0 saturated carbocycles. The average Bonchev–Trinajstić information content (AvgIpc) is 2.79. The maximum atomic E-state index is 13.1. The first-order chi connectivity index (χ1) is 9.37. The van der Waals surface area contributed by atoms with Crippen molar-refractivity contribution in [1.82, 2.24) is 4.72 Å². The second-order valence-electron chi connectivity index (χ2n) is 4.46. The summed E-state index contributed by atoms with van der Waals surface area (Å²) in [4.78, 5) is -0.436. The van der Waals surface area contributed by atoms with Gasteiger partial charge in [-0.15, -0.1) is 0 Å². The SMILES string of the molecule is CC(Cc1ccoc1)NS(=O)(=O)c1cc(F)cc(F)c1. The van der Waals surface area contributed by atoms with Gasteiger partial charge in [-0.1, -0.05) is 0 Å². The van der Waals surface area contributed by atoms with Crippen molar-refractivity contribution >= 4 is 10.0 Å². The molecular formula is C13H13F2NO3S. The van der Waals surface area contributed by atoms with Gasteiger partial charge in [0.25, 0.3) is 0 Å². The predicted octanol–water partition coefficient (Wildman–Crippen LogP) is 2.47. The maximum Gasteiger partial charge on any atom is 0.241 e. The van der Waals surface area contributed by atoms with Gasteiger partial charge in [-0.2, -0.15) is 0 Å². The highest BCUT2D eigenvalue weighted by molar-refractivity contribution is 7.89. The molecule has 0 aliphatic rings. The van der Waals surface area contributed by atoms with E-state index in [0.29, 0.717) is 12.5 Å². The molecule has 0 aliphatic carbocycles. The Morgan fingerprint density at radius 3 is 2.45 bits per heavy atom. The number of furan rings is 1. The fraction of sp³-hybridized carbons (Fsp3) is 0.231. The van der Waals surface area contributed by atoms with Gasteiger partial charge in [0.15, 0.2) is 0 Å². The predicted molar refractivity (Wildman–Crippen MR) is 68.6 cm³/mol. The zero-order valence-electron chi connectivity index (χ0n) is 10.6. The summed E-state index contributed by atoms with van der Waals surface area (Å²) in [6.07, 6.45) is 3.40. The minimum absolute atomic E-state index is 0.410. The monoisotopic (exact) mass is 301 g/mol. The van der Waals surface area contributed by atoms with Crippen molar-refractivity contribution in [1.29, 1.82) is 0 Å². The molecule has 2 rings (SSSR count). The third kappa shape index (κ3) is 3.64. The molecule has 1 atom stereocenters. The van der Waals surface area contributed by atoms with Crippen LogP contribution in [-0.4, -0.2) is 14.5 Å². The van der Waals surface area contributed by atoms with Gasteiger partial charge in [0.05, 0.1) is 17.4 Å². The Morgan fingerprint density at radius 2 is 1.90 bits per heavy atom. The molecule has 1 N–H and O–H groups in total. The third-order valence-corrected chi connectivity index (χ3v) is 4.19. The molecule has 1 aromatic heterocycles. The van der Waals surface area contributed by atoms with Crippen LogP contribution in [0, 0.1) is 11.6 Å². The topological polar surface area (TPSA) is 59.3 Å². The van der Waals surface area contributed by atoms with Crippen molar-refractivity contribution in [3.63, 3.8) is 0 Å². The first-order valence-electron chi connectivity index (χ1n) is 5.86. The fourth-order valence-corrected chi connectivity index (χ4v) is 3.11. The van der Waals surface area contributed by atoms with Crippen LogP contribution in [0.3, 0.4) is 0 Å². The number of hydrogen-bond acceptors (Lipinski definition) is 3. The van der Waals surface area contributed by atoms with Crippen LogP contribution >= 0.6 is 0 Å². The van der Waals surface area contributed by atoms with Crippen LogP contribution in [0.25, 0.3) is 0 Å². The number of sulfonamides is 1. The van der Waals surface area contributed by atoms with Crippen LogP contribution in [0.5, 0.6) is 0 Å². The Bertz CT molecular complexity index is 663. The lowest BCUT2D eigenvalue weighted by molar-refractivity contribution is 0.543. The van der Waals surface area contributed by atoms with E-state index in [2.05, 4.69) is 4.72 Å². The molecule has 1 aromatic carbocycles. The zero-order chi connectivity index (χ0) is 14.8. The van der Waals surface area contributed by atoms with Gasteiger partial charge < -0.3 is 4.42 Å². The summed E-state index contributed by atoms with van der Waals surface area (Å²) in [5.41, 5.74) is 0.825. The van der Waals surface area contributed by atoms with Crippen LogP contribution in [0.2, 0.25) is 0 Å². The van der Waals surface area contributed by atoms with Crippen molar-refractivity contribution in [3.8, 4) is 0 Å². The van der Waals surface area contributed by atoms with Gasteiger partial charge in [0.2, 0.25) is 10.0 Å². The molecule has 7 heteroatoms. The van der Waals surface area contributed by atoms with Crippen molar-refractivity contribution in [2.45, 2.75) is 24.3 Å².